The fourth-order valence-corrected chi connectivity index (χ4v) is 3.15. The van der Waals surface area contributed by atoms with Gasteiger partial charge < -0.3 is 5.32 Å². The summed E-state index contributed by atoms with van der Waals surface area (Å²) in [7, 11) is 0. The smallest absolute Gasteiger partial charge is 0.0992 e. The van der Waals surface area contributed by atoms with E-state index in [1.54, 1.807) is 0 Å². The summed E-state index contributed by atoms with van der Waals surface area (Å²) in [6, 6.07) is 7.85. The third-order valence-electron chi connectivity index (χ3n) is 3.64. The first-order valence-corrected chi connectivity index (χ1v) is 7.77. The predicted octanol–water partition coefficient (Wildman–Crippen LogP) is 4.33. The molecule has 1 unspecified atom stereocenters. The Hall–Kier alpha value is -1.80. The van der Waals surface area contributed by atoms with Gasteiger partial charge in [0, 0.05) is 28.0 Å². The number of aryl methyl sites for hydroxylation is 2. The van der Waals surface area contributed by atoms with E-state index in [9.17, 15) is 0 Å². The molecular weight excluding hydrogens is 328 g/mol. The fourth-order valence-electron chi connectivity index (χ4n) is 2.65. The highest BCUT2D eigenvalue weighted by Crippen LogP contribution is 2.29. The number of hydrogen-bond acceptors (Lipinski definition) is 3. The first-order valence-electron chi connectivity index (χ1n) is 6.98. The molecular formula is C16H19BrN4. The molecule has 1 aromatic carbocycles. The summed E-state index contributed by atoms with van der Waals surface area (Å²) in [5, 5.41) is 17.0. The van der Waals surface area contributed by atoms with Gasteiger partial charge in [0.2, 0.25) is 0 Å². The molecule has 0 fully saturated rings. The Morgan fingerprint density at radius 1 is 1.43 bits per heavy atom. The summed E-state index contributed by atoms with van der Waals surface area (Å²) in [6.45, 7) is 9.24. The third kappa shape index (κ3) is 3.11. The van der Waals surface area contributed by atoms with Gasteiger partial charge in [0.1, 0.15) is 0 Å². The minimum absolute atomic E-state index is 0.148. The molecule has 1 aromatic heterocycles. The van der Waals surface area contributed by atoms with Crippen molar-refractivity contribution < 1.29 is 0 Å². The zero-order chi connectivity index (χ0) is 15.6. The van der Waals surface area contributed by atoms with Crippen LogP contribution in [0.1, 0.15) is 42.4 Å². The van der Waals surface area contributed by atoms with Crippen LogP contribution in [0.15, 0.2) is 22.7 Å². The average molecular weight is 347 g/mol. The van der Waals surface area contributed by atoms with Crippen molar-refractivity contribution >= 4 is 21.6 Å². The highest BCUT2D eigenvalue weighted by atomic mass is 79.9. The molecule has 1 heterocycles. The van der Waals surface area contributed by atoms with Crippen molar-refractivity contribution in [3.8, 4) is 6.07 Å². The Labute approximate surface area is 133 Å². The molecule has 21 heavy (non-hydrogen) atoms. The van der Waals surface area contributed by atoms with Crippen LogP contribution in [-0.4, -0.2) is 9.78 Å². The standard InChI is InChI=1S/C16H19BrN4/c1-5-21-12(4)16(11(3)20-21)10(2)19-15-7-6-13(9-18)8-14(15)17/h6-8,10,19H,5H2,1-4H3. The molecule has 0 amide bonds. The van der Waals surface area contributed by atoms with Crippen LogP contribution in [0.3, 0.4) is 0 Å². The Kier molecular flexibility index (Phi) is 4.69. The third-order valence-corrected chi connectivity index (χ3v) is 4.30. The number of aromatic nitrogens is 2. The molecule has 0 saturated carbocycles. The number of hydrogen-bond donors (Lipinski definition) is 1. The van der Waals surface area contributed by atoms with E-state index in [1.807, 2.05) is 29.8 Å². The molecule has 1 N–H and O–H groups in total. The Morgan fingerprint density at radius 2 is 2.14 bits per heavy atom. The average Bonchev–Trinajstić information content (AvgIpc) is 2.75. The maximum Gasteiger partial charge on any atom is 0.0992 e. The van der Waals surface area contributed by atoms with E-state index < -0.39 is 0 Å². The van der Waals surface area contributed by atoms with Crippen LogP contribution in [0.2, 0.25) is 0 Å². The van der Waals surface area contributed by atoms with Crippen molar-refractivity contribution in [3.05, 3.63) is 45.2 Å². The maximum absolute atomic E-state index is 8.91. The minimum atomic E-state index is 0.148. The first-order chi connectivity index (χ1) is 9.97. The van der Waals surface area contributed by atoms with E-state index in [-0.39, 0.29) is 6.04 Å². The van der Waals surface area contributed by atoms with Gasteiger partial charge in [-0.15, -0.1) is 0 Å². The number of nitrogens with zero attached hydrogens (tertiary/aromatic N) is 3. The topological polar surface area (TPSA) is 53.6 Å². The molecule has 0 aliphatic rings. The molecule has 5 heteroatoms. The van der Waals surface area contributed by atoms with Gasteiger partial charge in [-0.05, 0) is 61.8 Å². The van der Waals surface area contributed by atoms with Gasteiger partial charge in [0.05, 0.1) is 23.4 Å². The van der Waals surface area contributed by atoms with Crippen molar-refractivity contribution in [1.82, 2.24) is 9.78 Å². The number of nitriles is 1. The maximum atomic E-state index is 8.91. The SMILES string of the molecule is CCn1nc(C)c(C(C)Nc2ccc(C#N)cc2Br)c1C. The Bertz CT molecular complexity index is 697. The van der Waals surface area contributed by atoms with Gasteiger partial charge in [-0.25, -0.2) is 0 Å². The number of halogens is 1. The normalized spacial score (nSPS) is 12.0. The van der Waals surface area contributed by atoms with E-state index in [4.69, 9.17) is 5.26 Å². The second-order valence-electron chi connectivity index (χ2n) is 5.07. The van der Waals surface area contributed by atoms with Crippen molar-refractivity contribution in [2.75, 3.05) is 5.32 Å². The molecule has 2 rings (SSSR count). The molecule has 0 aliphatic carbocycles. The van der Waals surface area contributed by atoms with Gasteiger partial charge in [-0.1, -0.05) is 0 Å². The van der Waals surface area contributed by atoms with E-state index in [1.165, 1.54) is 11.3 Å². The number of rotatable bonds is 4. The minimum Gasteiger partial charge on any atom is -0.377 e. The highest BCUT2D eigenvalue weighted by Gasteiger charge is 2.17. The van der Waals surface area contributed by atoms with E-state index >= 15 is 0 Å². The molecule has 1 atom stereocenters. The van der Waals surface area contributed by atoms with Crippen LogP contribution >= 0.6 is 15.9 Å². The molecule has 4 nitrogen and oxygen atoms in total. The van der Waals surface area contributed by atoms with Crippen molar-refractivity contribution in [2.24, 2.45) is 0 Å². The second-order valence-corrected chi connectivity index (χ2v) is 5.93. The van der Waals surface area contributed by atoms with Crippen LogP contribution in [0.5, 0.6) is 0 Å². The molecule has 0 bridgehead atoms. The second kappa shape index (κ2) is 6.31. The monoisotopic (exact) mass is 346 g/mol. The van der Waals surface area contributed by atoms with Crippen LogP contribution in [-0.2, 0) is 6.54 Å². The summed E-state index contributed by atoms with van der Waals surface area (Å²) in [5.74, 6) is 0. The quantitative estimate of drug-likeness (QED) is 0.896. The molecule has 110 valence electrons. The lowest BCUT2D eigenvalue weighted by Gasteiger charge is -2.17. The summed E-state index contributed by atoms with van der Waals surface area (Å²) < 4.78 is 2.92. The van der Waals surface area contributed by atoms with E-state index in [2.05, 4.69) is 53.2 Å². The van der Waals surface area contributed by atoms with Crippen LogP contribution in [0.25, 0.3) is 0 Å². The summed E-state index contributed by atoms with van der Waals surface area (Å²) >= 11 is 3.51. The molecule has 0 radical (unpaired) electrons. The number of benzene rings is 1. The number of nitrogens with one attached hydrogen (secondary N) is 1. The zero-order valence-corrected chi connectivity index (χ0v) is 14.3. The zero-order valence-electron chi connectivity index (χ0n) is 12.7. The largest absolute Gasteiger partial charge is 0.377 e. The van der Waals surface area contributed by atoms with Gasteiger partial charge in [0.15, 0.2) is 0 Å². The van der Waals surface area contributed by atoms with Gasteiger partial charge in [0.25, 0.3) is 0 Å². The van der Waals surface area contributed by atoms with Crippen LogP contribution in [0, 0.1) is 25.2 Å². The van der Waals surface area contributed by atoms with E-state index in [0.717, 1.165) is 22.4 Å². The van der Waals surface area contributed by atoms with Crippen molar-refractivity contribution in [3.63, 3.8) is 0 Å². The predicted molar refractivity (Wildman–Crippen MR) is 88.3 cm³/mol. The molecule has 0 aliphatic heterocycles. The Morgan fingerprint density at radius 3 is 2.67 bits per heavy atom. The van der Waals surface area contributed by atoms with Crippen molar-refractivity contribution in [1.29, 1.82) is 5.26 Å². The first kappa shape index (κ1) is 15.6. The Balaban J connectivity index is 2.28. The molecule has 0 spiro atoms. The van der Waals surface area contributed by atoms with E-state index in [0.29, 0.717) is 5.56 Å². The van der Waals surface area contributed by atoms with Crippen LogP contribution < -0.4 is 5.32 Å². The van der Waals surface area contributed by atoms with Crippen molar-refractivity contribution in [2.45, 2.75) is 40.3 Å². The lowest BCUT2D eigenvalue weighted by atomic mass is 10.1. The van der Waals surface area contributed by atoms with Gasteiger partial charge in [-0.3, -0.25) is 4.68 Å². The summed E-state index contributed by atoms with van der Waals surface area (Å²) in [6.07, 6.45) is 0. The lowest BCUT2D eigenvalue weighted by Crippen LogP contribution is -2.09. The highest BCUT2D eigenvalue weighted by molar-refractivity contribution is 9.10. The molecule has 2 aromatic rings. The van der Waals surface area contributed by atoms with Gasteiger partial charge in [-0.2, -0.15) is 10.4 Å². The summed E-state index contributed by atoms with van der Waals surface area (Å²) in [5.41, 5.74) is 5.10. The fraction of sp³-hybridized carbons (Fsp3) is 0.375. The summed E-state index contributed by atoms with van der Waals surface area (Å²) in [4.78, 5) is 0. The van der Waals surface area contributed by atoms with Gasteiger partial charge >= 0.3 is 0 Å². The lowest BCUT2D eigenvalue weighted by molar-refractivity contribution is 0.632. The van der Waals surface area contributed by atoms with Crippen LogP contribution in [0.4, 0.5) is 5.69 Å². The number of anilines is 1. The molecule has 0 saturated heterocycles.